The van der Waals surface area contributed by atoms with E-state index in [9.17, 15) is 4.79 Å². The van der Waals surface area contributed by atoms with Crippen LogP contribution in [-0.4, -0.2) is 20.0 Å². The maximum absolute atomic E-state index is 11.6. The second kappa shape index (κ2) is 6.93. The van der Waals surface area contributed by atoms with Crippen LogP contribution < -0.4 is 9.47 Å². The van der Waals surface area contributed by atoms with E-state index in [1.54, 1.807) is 21.1 Å². The zero-order valence-electron chi connectivity index (χ0n) is 12.6. The van der Waals surface area contributed by atoms with Crippen molar-refractivity contribution in [3.63, 3.8) is 0 Å². The third-order valence-corrected chi connectivity index (χ3v) is 3.30. The highest BCUT2D eigenvalue weighted by Crippen LogP contribution is 2.29. The lowest BCUT2D eigenvalue weighted by Crippen LogP contribution is -2.07. The quantitative estimate of drug-likeness (QED) is 0.811. The topological polar surface area (TPSA) is 35.5 Å². The Labute approximate surface area is 125 Å². The first-order chi connectivity index (χ1) is 10.1. The Kier molecular flexibility index (Phi) is 4.99. The molecule has 21 heavy (non-hydrogen) atoms. The van der Waals surface area contributed by atoms with Crippen LogP contribution in [0.1, 0.15) is 24.5 Å². The second-order valence-corrected chi connectivity index (χ2v) is 4.81. The molecule has 2 rings (SSSR count). The number of hydrogen-bond acceptors (Lipinski definition) is 3. The van der Waals surface area contributed by atoms with Gasteiger partial charge in [0.2, 0.25) is 0 Å². The largest absolute Gasteiger partial charge is 0.497 e. The summed E-state index contributed by atoms with van der Waals surface area (Å²) in [4.78, 5) is 11.6. The fraction of sp³-hybridized carbons (Fsp3) is 0.222. The van der Waals surface area contributed by atoms with E-state index >= 15 is 0 Å². The first-order valence-electron chi connectivity index (χ1n) is 6.78. The molecule has 0 bridgehead atoms. The molecular formula is C18H19O3. The molecule has 0 spiro atoms. The highest BCUT2D eigenvalue weighted by atomic mass is 16.5. The van der Waals surface area contributed by atoms with E-state index in [4.69, 9.17) is 9.47 Å². The van der Waals surface area contributed by atoms with Gasteiger partial charge in [0.05, 0.1) is 14.2 Å². The van der Waals surface area contributed by atoms with Crippen molar-refractivity contribution in [1.29, 1.82) is 0 Å². The maximum atomic E-state index is 11.6. The minimum atomic E-state index is 0.136. The first-order valence-corrected chi connectivity index (χ1v) is 6.78. The molecule has 109 valence electrons. The molecule has 2 aromatic carbocycles. The fourth-order valence-electron chi connectivity index (χ4n) is 2.20. The predicted molar refractivity (Wildman–Crippen MR) is 82.7 cm³/mol. The molecule has 0 saturated heterocycles. The van der Waals surface area contributed by atoms with Gasteiger partial charge in [-0.15, -0.1) is 0 Å². The Morgan fingerprint density at radius 3 is 1.48 bits per heavy atom. The molecule has 0 atom stereocenters. The lowest BCUT2D eigenvalue weighted by molar-refractivity contribution is -0.116. The molecule has 0 saturated carbocycles. The van der Waals surface area contributed by atoms with Gasteiger partial charge in [0, 0.05) is 12.3 Å². The highest BCUT2D eigenvalue weighted by molar-refractivity contribution is 5.80. The van der Waals surface area contributed by atoms with Gasteiger partial charge < -0.3 is 9.47 Å². The molecule has 1 radical (unpaired) electrons. The molecule has 0 amide bonds. The number of carbonyl (C=O) groups is 1. The third kappa shape index (κ3) is 3.85. The number of hydrogen-bond donors (Lipinski definition) is 0. The van der Waals surface area contributed by atoms with Crippen LogP contribution in [0, 0.1) is 5.92 Å². The highest BCUT2D eigenvalue weighted by Gasteiger charge is 2.17. The summed E-state index contributed by atoms with van der Waals surface area (Å²) in [5, 5.41) is 0. The smallest absolute Gasteiger partial charge is 0.131 e. The van der Waals surface area contributed by atoms with Crippen molar-refractivity contribution in [1.82, 2.24) is 0 Å². The summed E-state index contributed by atoms with van der Waals surface area (Å²) >= 11 is 0. The van der Waals surface area contributed by atoms with Gasteiger partial charge in [-0.25, -0.2) is 0 Å². The van der Waals surface area contributed by atoms with Crippen molar-refractivity contribution in [2.75, 3.05) is 14.2 Å². The van der Waals surface area contributed by atoms with Crippen LogP contribution in [0.5, 0.6) is 11.5 Å². The number of methoxy groups -OCH3 is 2. The minimum Gasteiger partial charge on any atom is -0.497 e. The molecule has 0 fully saturated rings. The maximum Gasteiger partial charge on any atom is 0.131 e. The Bertz CT molecular complexity index is 537. The van der Waals surface area contributed by atoms with Crippen LogP contribution in [0.4, 0.5) is 0 Å². The molecule has 0 N–H and O–H groups in total. The normalized spacial score (nSPS) is 10.5. The van der Waals surface area contributed by atoms with Crippen LogP contribution in [0.3, 0.4) is 0 Å². The molecule has 0 aromatic heterocycles. The molecular weight excluding hydrogens is 264 g/mol. The van der Waals surface area contributed by atoms with Gasteiger partial charge in [-0.2, -0.15) is 0 Å². The van der Waals surface area contributed by atoms with Crippen molar-refractivity contribution in [2.45, 2.75) is 13.3 Å². The van der Waals surface area contributed by atoms with Crippen LogP contribution in [0.15, 0.2) is 48.5 Å². The minimum absolute atomic E-state index is 0.136. The monoisotopic (exact) mass is 283 g/mol. The second-order valence-electron chi connectivity index (χ2n) is 4.81. The Hall–Kier alpha value is -2.29. The van der Waals surface area contributed by atoms with E-state index in [1.807, 2.05) is 48.5 Å². The van der Waals surface area contributed by atoms with Crippen molar-refractivity contribution in [3.05, 3.63) is 65.6 Å². The Morgan fingerprint density at radius 1 is 0.810 bits per heavy atom. The van der Waals surface area contributed by atoms with Crippen LogP contribution in [0.2, 0.25) is 0 Å². The van der Waals surface area contributed by atoms with Crippen molar-refractivity contribution in [3.8, 4) is 11.5 Å². The van der Waals surface area contributed by atoms with Gasteiger partial charge in [-0.3, -0.25) is 4.79 Å². The Balaban J connectivity index is 2.33. The van der Waals surface area contributed by atoms with E-state index in [2.05, 4.69) is 0 Å². The molecule has 3 heteroatoms. The number of ether oxygens (including phenoxy) is 2. The molecule has 0 aliphatic heterocycles. The van der Waals surface area contributed by atoms with Crippen LogP contribution in [0.25, 0.3) is 0 Å². The van der Waals surface area contributed by atoms with E-state index in [1.165, 1.54) is 0 Å². The Morgan fingerprint density at radius 2 is 1.19 bits per heavy atom. The molecule has 0 aliphatic carbocycles. The van der Waals surface area contributed by atoms with E-state index in [-0.39, 0.29) is 5.78 Å². The number of benzene rings is 2. The fourth-order valence-corrected chi connectivity index (χ4v) is 2.20. The lowest BCUT2D eigenvalue weighted by Gasteiger charge is -2.16. The summed E-state index contributed by atoms with van der Waals surface area (Å²) in [5.74, 6) is 2.75. The molecule has 0 aliphatic rings. The lowest BCUT2D eigenvalue weighted by atomic mass is 9.87. The van der Waals surface area contributed by atoms with Crippen molar-refractivity contribution in [2.24, 2.45) is 0 Å². The SMILES string of the molecule is COc1ccc([C](CC(C)=O)c2ccc(OC)cc2)cc1. The number of carbonyl (C=O) groups excluding carboxylic acids is 1. The van der Waals surface area contributed by atoms with Crippen molar-refractivity contribution < 1.29 is 14.3 Å². The predicted octanol–water partition coefficient (Wildman–Crippen LogP) is 3.65. The summed E-state index contributed by atoms with van der Waals surface area (Å²) in [6, 6.07) is 15.5. The standard InChI is InChI=1S/C18H19O3/c1-13(19)12-18(14-4-8-16(20-2)9-5-14)15-6-10-17(21-3)11-7-15/h4-11H,12H2,1-3H3. The summed E-state index contributed by atoms with van der Waals surface area (Å²) < 4.78 is 10.3. The van der Waals surface area contributed by atoms with Gasteiger partial charge in [-0.1, -0.05) is 24.3 Å². The van der Waals surface area contributed by atoms with Crippen LogP contribution >= 0.6 is 0 Å². The van der Waals surface area contributed by atoms with Gasteiger partial charge in [-0.05, 0) is 42.3 Å². The van der Waals surface area contributed by atoms with Gasteiger partial charge in [0.15, 0.2) is 0 Å². The van der Waals surface area contributed by atoms with Gasteiger partial charge in [0.1, 0.15) is 17.3 Å². The number of ketones is 1. The van der Waals surface area contributed by atoms with Crippen molar-refractivity contribution >= 4 is 5.78 Å². The molecule has 0 unspecified atom stereocenters. The van der Waals surface area contributed by atoms with Crippen LogP contribution in [-0.2, 0) is 4.79 Å². The van der Waals surface area contributed by atoms with Gasteiger partial charge in [0.25, 0.3) is 0 Å². The summed E-state index contributed by atoms with van der Waals surface area (Å²) in [5.41, 5.74) is 2.05. The summed E-state index contributed by atoms with van der Waals surface area (Å²) in [7, 11) is 3.28. The molecule has 3 nitrogen and oxygen atoms in total. The number of Topliss-reactive ketones (excluding diaryl/α,β-unsaturated/α-hetero) is 1. The molecule has 2 aromatic rings. The molecule has 0 heterocycles. The third-order valence-electron chi connectivity index (χ3n) is 3.30. The van der Waals surface area contributed by atoms with E-state index in [0.29, 0.717) is 6.42 Å². The average molecular weight is 283 g/mol. The van der Waals surface area contributed by atoms with E-state index < -0.39 is 0 Å². The summed E-state index contributed by atoms with van der Waals surface area (Å²) in [6.07, 6.45) is 0.401. The number of rotatable bonds is 6. The zero-order valence-corrected chi connectivity index (χ0v) is 12.6. The van der Waals surface area contributed by atoms with Gasteiger partial charge >= 0.3 is 0 Å². The first kappa shape index (κ1) is 15.1. The summed E-state index contributed by atoms with van der Waals surface area (Å²) in [6.45, 7) is 1.60. The van der Waals surface area contributed by atoms with E-state index in [0.717, 1.165) is 28.5 Å². The average Bonchev–Trinajstić information content (AvgIpc) is 2.53. The zero-order chi connectivity index (χ0) is 15.2.